The van der Waals surface area contributed by atoms with Crippen LogP contribution >= 0.6 is 11.6 Å². The molecule has 90 valence electrons. The number of nitrogens with one attached hydrogen (secondary N) is 1. The summed E-state index contributed by atoms with van der Waals surface area (Å²) in [6, 6.07) is 8.48. The van der Waals surface area contributed by atoms with E-state index in [0.717, 1.165) is 12.2 Å². The molecule has 0 atom stereocenters. The molecular formula is C13H14ClFN2. The molecule has 2 rings (SSSR count). The first kappa shape index (κ1) is 12.0. The van der Waals surface area contributed by atoms with Crippen LogP contribution in [0.25, 0.3) is 0 Å². The van der Waals surface area contributed by atoms with Crippen molar-refractivity contribution in [3.8, 4) is 0 Å². The molecule has 1 heterocycles. The van der Waals surface area contributed by atoms with E-state index >= 15 is 0 Å². The second-order valence-electron chi connectivity index (χ2n) is 3.80. The Bertz CT molecular complexity index is 488. The number of aromatic nitrogens is 1. The van der Waals surface area contributed by atoms with Gasteiger partial charge in [-0.2, -0.15) is 0 Å². The molecular weight excluding hydrogens is 239 g/mol. The van der Waals surface area contributed by atoms with Gasteiger partial charge >= 0.3 is 0 Å². The number of benzene rings is 1. The average Bonchev–Trinajstić information content (AvgIpc) is 2.72. The summed E-state index contributed by atoms with van der Waals surface area (Å²) in [5, 5.41) is 3.56. The quantitative estimate of drug-likeness (QED) is 0.873. The van der Waals surface area contributed by atoms with Gasteiger partial charge in [-0.25, -0.2) is 4.39 Å². The molecule has 0 saturated heterocycles. The topological polar surface area (TPSA) is 17.0 Å². The SMILES string of the molecule is CCn1cccc1CNc1cc(F)cc(Cl)c1. The molecule has 0 unspecified atom stereocenters. The summed E-state index contributed by atoms with van der Waals surface area (Å²) < 4.78 is 15.2. The summed E-state index contributed by atoms with van der Waals surface area (Å²) in [5.41, 5.74) is 1.85. The van der Waals surface area contributed by atoms with Crippen molar-refractivity contribution in [3.05, 3.63) is 53.1 Å². The molecule has 1 N–H and O–H groups in total. The first-order valence-electron chi connectivity index (χ1n) is 5.53. The number of hydrogen-bond donors (Lipinski definition) is 1. The molecule has 0 aliphatic heterocycles. The second kappa shape index (κ2) is 5.23. The lowest BCUT2D eigenvalue weighted by Gasteiger charge is -2.09. The number of rotatable bonds is 4. The fourth-order valence-electron chi connectivity index (χ4n) is 1.77. The lowest BCUT2D eigenvalue weighted by molar-refractivity contribution is 0.628. The molecule has 0 saturated carbocycles. The van der Waals surface area contributed by atoms with E-state index in [2.05, 4.69) is 16.8 Å². The summed E-state index contributed by atoms with van der Waals surface area (Å²) in [7, 11) is 0. The third kappa shape index (κ3) is 3.01. The molecule has 0 fully saturated rings. The van der Waals surface area contributed by atoms with Crippen molar-refractivity contribution in [1.82, 2.24) is 4.57 Å². The third-order valence-corrected chi connectivity index (χ3v) is 2.82. The van der Waals surface area contributed by atoms with Gasteiger partial charge in [-0.15, -0.1) is 0 Å². The molecule has 2 nitrogen and oxygen atoms in total. The predicted octanol–water partition coefficient (Wildman–Crippen LogP) is 3.91. The summed E-state index contributed by atoms with van der Waals surface area (Å²) in [6.45, 7) is 3.66. The van der Waals surface area contributed by atoms with Crippen molar-refractivity contribution in [3.63, 3.8) is 0 Å². The summed E-state index contributed by atoms with van der Waals surface area (Å²) in [6.07, 6.45) is 2.02. The van der Waals surface area contributed by atoms with Crippen LogP contribution in [0.15, 0.2) is 36.5 Å². The largest absolute Gasteiger partial charge is 0.379 e. The molecule has 0 aliphatic rings. The zero-order chi connectivity index (χ0) is 12.3. The second-order valence-corrected chi connectivity index (χ2v) is 4.23. The number of anilines is 1. The molecule has 0 amide bonds. The van der Waals surface area contributed by atoms with Crippen LogP contribution in [0.4, 0.5) is 10.1 Å². The van der Waals surface area contributed by atoms with Crippen LogP contribution in [-0.2, 0) is 13.1 Å². The highest BCUT2D eigenvalue weighted by Crippen LogP contribution is 2.18. The monoisotopic (exact) mass is 252 g/mol. The third-order valence-electron chi connectivity index (χ3n) is 2.60. The summed E-state index contributed by atoms with van der Waals surface area (Å²) in [5.74, 6) is -0.328. The van der Waals surface area contributed by atoms with Gasteiger partial charge in [0, 0.05) is 29.1 Å². The molecule has 0 aliphatic carbocycles. The van der Waals surface area contributed by atoms with Gasteiger partial charge < -0.3 is 9.88 Å². The van der Waals surface area contributed by atoms with E-state index in [9.17, 15) is 4.39 Å². The Morgan fingerprint density at radius 1 is 1.35 bits per heavy atom. The normalized spacial score (nSPS) is 10.5. The Kier molecular flexibility index (Phi) is 3.69. The lowest BCUT2D eigenvalue weighted by Crippen LogP contribution is -2.06. The first-order chi connectivity index (χ1) is 8.19. The fourth-order valence-corrected chi connectivity index (χ4v) is 1.99. The van der Waals surface area contributed by atoms with Crippen LogP contribution in [0.2, 0.25) is 5.02 Å². The highest BCUT2D eigenvalue weighted by atomic mass is 35.5. The van der Waals surface area contributed by atoms with Crippen molar-refractivity contribution in [2.75, 3.05) is 5.32 Å². The minimum absolute atomic E-state index is 0.328. The Morgan fingerprint density at radius 2 is 2.18 bits per heavy atom. The lowest BCUT2D eigenvalue weighted by atomic mass is 10.3. The highest BCUT2D eigenvalue weighted by molar-refractivity contribution is 6.30. The highest BCUT2D eigenvalue weighted by Gasteiger charge is 2.01. The zero-order valence-electron chi connectivity index (χ0n) is 9.58. The maximum atomic E-state index is 13.1. The number of halogens is 2. The Balaban J connectivity index is 2.07. The van der Waals surface area contributed by atoms with Crippen LogP contribution < -0.4 is 5.32 Å². The molecule has 1 aromatic heterocycles. The van der Waals surface area contributed by atoms with Crippen LogP contribution in [0, 0.1) is 5.82 Å². The maximum absolute atomic E-state index is 13.1. The van der Waals surface area contributed by atoms with Crippen LogP contribution in [-0.4, -0.2) is 4.57 Å². The van der Waals surface area contributed by atoms with Crippen molar-refractivity contribution < 1.29 is 4.39 Å². The summed E-state index contributed by atoms with van der Waals surface area (Å²) >= 11 is 5.78. The van der Waals surface area contributed by atoms with Crippen LogP contribution in [0.1, 0.15) is 12.6 Å². The Labute approximate surface area is 105 Å². The summed E-state index contributed by atoms with van der Waals surface area (Å²) in [4.78, 5) is 0. The molecule has 2 aromatic rings. The smallest absolute Gasteiger partial charge is 0.126 e. The van der Waals surface area contributed by atoms with Gasteiger partial charge in [0.15, 0.2) is 0 Å². The van der Waals surface area contributed by atoms with E-state index in [4.69, 9.17) is 11.6 Å². The zero-order valence-corrected chi connectivity index (χ0v) is 10.3. The standard InChI is InChI=1S/C13H14ClFN2/c1-2-17-5-3-4-13(17)9-16-12-7-10(14)6-11(15)8-12/h3-8,16H,2,9H2,1H3. The average molecular weight is 253 g/mol. The Hall–Kier alpha value is -1.48. The molecule has 0 radical (unpaired) electrons. The van der Waals surface area contributed by atoms with E-state index < -0.39 is 0 Å². The molecule has 4 heteroatoms. The fraction of sp³-hybridized carbons (Fsp3) is 0.231. The van der Waals surface area contributed by atoms with E-state index in [0.29, 0.717) is 17.3 Å². The van der Waals surface area contributed by atoms with Crippen molar-refractivity contribution in [2.24, 2.45) is 0 Å². The van der Waals surface area contributed by atoms with Crippen LogP contribution in [0.5, 0.6) is 0 Å². The number of nitrogens with zero attached hydrogens (tertiary/aromatic N) is 1. The predicted molar refractivity (Wildman–Crippen MR) is 68.8 cm³/mol. The first-order valence-corrected chi connectivity index (χ1v) is 5.91. The van der Waals surface area contributed by atoms with Gasteiger partial charge in [0.05, 0.1) is 6.54 Å². The van der Waals surface area contributed by atoms with Crippen molar-refractivity contribution in [1.29, 1.82) is 0 Å². The minimum atomic E-state index is -0.328. The number of aryl methyl sites for hydroxylation is 1. The van der Waals surface area contributed by atoms with Gasteiger partial charge in [0.1, 0.15) is 5.82 Å². The van der Waals surface area contributed by atoms with Crippen LogP contribution in [0.3, 0.4) is 0 Å². The van der Waals surface area contributed by atoms with E-state index in [1.165, 1.54) is 12.1 Å². The van der Waals surface area contributed by atoms with Crippen molar-refractivity contribution >= 4 is 17.3 Å². The maximum Gasteiger partial charge on any atom is 0.126 e. The Morgan fingerprint density at radius 3 is 2.88 bits per heavy atom. The van der Waals surface area contributed by atoms with Crippen molar-refractivity contribution in [2.45, 2.75) is 20.0 Å². The van der Waals surface area contributed by atoms with Gasteiger partial charge in [-0.3, -0.25) is 0 Å². The van der Waals surface area contributed by atoms with E-state index in [1.807, 2.05) is 18.3 Å². The van der Waals surface area contributed by atoms with E-state index in [-0.39, 0.29) is 5.82 Å². The van der Waals surface area contributed by atoms with Gasteiger partial charge in [-0.05, 0) is 37.3 Å². The molecule has 1 aromatic carbocycles. The van der Waals surface area contributed by atoms with Gasteiger partial charge in [0.2, 0.25) is 0 Å². The molecule has 0 bridgehead atoms. The molecule has 0 spiro atoms. The van der Waals surface area contributed by atoms with E-state index in [1.54, 1.807) is 6.07 Å². The number of hydrogen-bond acceptors (Lipinski definition) is 1. The minimum Gasteiger partial charge on any atom is -0.379 e. The van der Waals surface area contributed by atoms with Gasteiger partial charge in [0.25, 0.3) is 0 Å². The van der Waals surface area contributed by atoms with Gasteiger partial charge in [-0.1, -0.05) is 11.6 Å². The molecule has 17 heavy (non-hydrogen) atoms.